The van der Waals surface area contributed by atoms with Crippen LogP contribution in [0.5, 0.6) is 11.5 Å². The number of carbonyl (C=O) groups is 1. The van der Waals surface area contributed by atoms with Gasteiger partial charge in [-0.2, -0.15) is 0 Å². The molecule has 160 valence electrons. The van der Waals surface area contributed by atoms with Crippen molar-refractivity contribution < 1.29 is 19.0 Å². The first kappa shape index (κ1) is 26.0. The van der Waals surface area contributed by atoms with E-state index >= 15 is 0 Å². The first-order valence-corrected chi connectivity index (χ1v) is 11.5. The topological polar surface area (TPSA) is 70.8 Å². The number of rotatable bonds is 8. The average Bonchev–Trinajstić information content (AvgIpc) is 2.65. The highest BCUT2D eigenvalue weighted by Crippen LogP contribution is 2.15. The lowest BCUT2D eigenvalue weighted by Crippen LogP contribution is -2.23. The van der Waals surface area contributed by atoms with E-state index in [1.165, 1.54) is 7.14 Å². The lowest BCUT2D eigenvalue weighted by molar-refractivity contribution is -0.155. The molecule has 5 nitrogen and oxygen atoms in total. The summed E-state index contributed by atoms with van der Waals surface area (Å²) in [5.74, 6) is 1.55. The molecule has 2 N–H and O–H groups in total. The molecular formula is C22H29I2NO4. The predicted octanol–water partition coefficient (Wildman–Crippen LogP) is 5.42. The van der Waals surface area contributed by atoms with E-state index in [0.717, 1.165) is 11.5 Å². The second-order valence-corrected chi connectivity index (χ2v) is 9.57. The van der Waals surface area contributed by atoms with Crippen LogP contribution in [0, 0.1) is 7.14 Å². The van der Waals surface area contributed by atoms with Crippen molar-refractivity contribution in [1.29, 1.82) is 0 Å². The Hall–Kier alpha value is -1.07. The minimum atomic E-state index is -0.409. The molecule has 0 unspecified atom stereocenters. The molecule has 0 amide bonds. The lowest BCUT2D eigenvalue weighted by atomic mass is 10.2. The molecule has 0 bridgehead atoms. The summed E-state index contributed by atoms with van der Waals surface area (Å²) in [6.07, 6.45) is 1.06. The van der Waals surface area contributed by atoms with Crippen molar-refractivity contribution in [3.63, 3.8) is 0 Å². The van der Waals surface area contributed by atoms with E-state index in [-0.39, 0.29) is 5.97 Å². The van der Waals surface area contributed by atoms with Crippen LogP contribution in [0.3, 0.4) is 0 Å². The zero-order valence-corrected chi connectivity index (χ0v) is 21.4. The van der Waals surface area contributed by atoms with Crippen LogP contribution in [0.25, 0.3) is 0 Å². The second-order valence-electron chi connectivity index (χ2n) is 7.08. The summed E-state index contributed by atoms with van der Waals surface area (Å²) in [6, 6.07) is 15.7. The van der Waals surface area contributed by atoms with Gasteiger partial charge in [-0.3, -0.25) is 4.79 Å². The molecule has 0 aliphatic carbocycles. The Bertz CT molecular complexity index is 713. The molecule has 0 fully saturated rings. The normalized spacial score (nSPS) is 10.6. The van der Waals surface area contributed by atoms with Gasteiger partial charge in [0.15, 0.2) is 0 Å². The first-order chi connectivity index (χ1) is 13.7. The lowest BCUT2D eigenvalue weighted by Gasteiger charge is -2.19. The monoisotopic (exact) mass is 625 g/mol. The van der Waals surface area contributed by atoms with Gasteiger partial charge in [0, 0.05) is 20.1 Å². The summed E-state index contributed by atoms with van der Waals surface area (Å²) >= 11 is 4.50. The van der Waals surface area contributed by atoms with Gasteiger partial charge >= 0.3 is 5.97 Å². The number of carbonyl (C=O) groups excluding carboxylic acids is 1. The van der Waals surface area contributed by atoms with Crippen molar-refractivity contribution in [2.45, 2.75) is 39.2 Å². The van der Waals surface area contributed by atoms with E-state index in [0.29, 0.717) is 32.6 Å². The maximum atomic E-state index is 11.4. The minimum absolute atomic E-state index is 0.172. The van der Waals surface area contributed by atoms with E-state index in [1.807, 2.05) is 69.3 Å². The number of benzene rings is 2. The smallest absolute Gasteiger partial charge is 0.306 e. The Kier molecular flexibility index (Phi) is 12.6. The van der Waals surface area contributed by atoms with Gasteiger partial charge in [0.05, 0.1) is 6.61 Å². The summed E-state index contributed by atoms with van der Waals surface area (Å²) < 4.78 is 18.4. The van der Waals surface area contributed by atoms with Crippen molar-refractivity contribution in [1.82, 2.24) is 0 Å². The fourth-order valence-corrected chi connectivity index (χ4v) is 2.76. The molecule has 0 atom stereocenters. The van der Waals surface area contributed by atoms with Gasteiger partial charge in [-0.25, -0.2) is 0 Å². The zero-order chi connectivity index (χ0) is 21.7. The van der Waals surface area contributed by atoms with Gasteiger partial charge in [-0.15, -0.1) is 0 Å². The van der Waals surface area contributed by atoms with Crippen molar-refractivity contribution in [2.75, 3.05) is 19.8 Å². The van der Waals surface area contributed by atoms with Crippen molar-refractivity contribution >= 4 is 51.2 Å². The number of ether oxygens (including phenoxy) is 3. The van der Waals surface area contributed by atoms with Gasteiger partial charge in [0.2, 0.25) is 0 Å². The predicted molar refractivity (Wildman–Crippen MR) is 133 cm³/mol. The van der Waals surface area contributed by atoms with Gasteiger partial charge in [-0.1, -0.05) is 0 Å². The number of halogens is 2. The Morgan fingerprint density at radius 2 is 1.31 bits per heavy atom. The van der Waals surface area contributed by atoms with Crippen LogP contribution < -0.4 is 15.2 Å². The van der Waals surface area contributed by atoms with E-state index in [1.54, 1.807) is 0 Å². The van der Waals surface area contributed by atoms with Gasteiger partial charge in [-0.05, 0) is 121 Å². The van der Waals surface area contributed by atoms with Crippen LogP contribution in [0.2, 0.25) is 0 Å². The molecule has 0 aliphatic heterocycles. The number of hydrogen-bond donors (Lipinski definition) is 1. The van der Waals surface area contributed by atoms with Crippen LogP contribution in [0.4, 0.5) is 0 Å². The highest BCUT2D eigenvalue weighted by Gasteiger charge is 2.15. The molecule has 0 radical (unpaired) electrons. The summed E-state index contributed by atoms with van der Waals surface area (Å²) in [6.45, 7) is 7.28. The van der Waals surface area contributed by atoms with Gasteiger partial charge in [0.1, 0.15) is 23.7 Å². The molecule has 0 spiro atoms. The van der Waals surface area contributed by atoms with Gasteiger partial charge < -0.3 is 19.9 Å². The van der Waals surface area contributed by atoms with Crippen LogP contribution in [-0.2, 0) is 9.53 Å². The average molecular weight is 625 g/mol. The third-order valence-electron chi connectivity index (χ3n) is 3.23. The molecule has 0 heterocycles. The maximum absolute atomic E-state index is 11.4. The fraction of sp³-hybridized carbons (Fsp3) is 0.409. The zero-order valence-electron chi connectivity index (χ0n) is 17.1. The van der Waals surface area contributed by atoms with Gasteiger partial charge in [0.25, 0.3) is 0 Å². The molecule has 0 saturated heterocycles. The molecule has 2 rings (SSSR count). The third kappa shape index (κ3) is 13.7. The summed E-state index contributed by atoms with van der Waals surface area (Å²) in [5, 5.41) is 0. The minimum Gasteiger partial charge on any atom is -0.494 e. The van der Waals surface area contributed by atoms with E-state index in [4.69, 9.17) is 19.9 Å². The summed E-state index contributed by atoms with van der Waals surface area (Å²) in [5.41, 5.74) is 4.87. The van der Waals surface area contributed by atoms with Crippen molar-refractivity contribution in [3.8, 4) is 11.5 Å². The Morgan fingerprint density at radius 1 is 0.862 bits per heavy atom. The standard InChI is InChI=1S/C14H19IO3.C8H10INO/c1-14(2,3)18-13(16)5-4-10-17-12-8-6-11(15)7-9-12;9-7-1-3-8(4-2-7)11-6-5-10/h6-9H,4-5,10H2,1-3H3;1-4H,5-6,10H2. The van der Waals surface area contributed by atoms with Crippen LogP contribution in [0.15, 0.2) is 48.5 Å². The Morgan fingerprint density at radius 3 is 1.72 bits per heavy atom. The van der Waals surface area contributed by atoms with E-state index in [2.05, 4.69) is 45.2 Å². The number of nitrogens with two attached hydrogens (primary N) is 1. The SMILES string of the molecule is CC(C)(C)OC(=O)CCCOc1ccc(I)cc1.NCCOc1ccc(I)cc1. The van der Waals surface area contributed by atoms with Crippen LogP contribution in [-0.4, -0.2) is 31.3 Å². The molecule has 0 aliphatic rings. The number of esters is 1. The van der Waals surface area contributed by atoms with E-state index < -0.39 is 5.60 Å². The highest BCUT2D eigenvalue weighted by molar-refractivity contribution is 14.1. The fourth-order valence-electron chi connectivity index (χ4n) is 2.04. The molecule has 29 heavy (non-hydrogen) atoms. The molecule has 2 aromatic carbocycles. The van der Waals surface area contributed by atoms with Crippen molar-refractivity contribution in [2.24, 2.45) is 5.73 Å². The quantitative estimate of drug-likeness (QED) is 0.241. The molecule has 0 saturated carbocycles. The third-order valence-corrected chi connectivity index (χ3v) is 4.67. The Balaban J connectivity index is 0.000000326. The van der Waals surface area contributed by atoms with Crippen LogP contribution >= 0.6 is 45.2 Å². The first-order valence-electron chi connectivity index (χ1n) is 9.38. The van der Waals surface area contributed by atoms with Crippen LogP contribution in [0.1, 0.15) is 33.6 Å². The molecule has 7 heteroatoms. The van der Waals surface area contributed by atoms with Crippen molar-refractivity contribution in [3.05, 3.63) is 55.7 Å². The highest BCUT2D eigenvalue weighted by atomic mass is 127. The molecule has 0 aromatic heterocycles. The molecular weight excluding hydrogens is 596 g/mol. The largest absolute Gasteiger partial charge is 0.494 e. The second kappa shape index (κ2) is 14.0. The number of hydrogen-bond acceptors (Lipinski definition) is 5. The molecule has 2 aromatic rings. The maximum Gasteiger partial charge on any atom is 0.306 e. The summed E-state index contributed by atoms with van der Waals surface area (Å²) in [4.78, 5) is 11.4. The van der Waals surface area contributed by atoms with E-state index in [9.17, 15) is 4.79 Å². The Labute approximate surface area is 201 Å². The summed E-state index contributed by atoms with van der Waals surface area (Å²) in [7, 11) is 0.